The molecule has 3 aromatic carbocycles. The number of aromatic nitrogens is 1. The maximum atomic E-state index is 13.2. The number of Topliss-reactive ketones (excluding diaryl/α,β-unsaturated/α-hetero) is 1. The largest absolute Gasteiger partial charge is 0.495 e. The fourth-order valence-corrected chi connectivity index (χ4v) is 4.37. The van der Waals surface area contributed by atoms with Crippen LogP contribution in [0, 0.1) is 0 Å². The summed E-state index contributed by atoms with van der Waals surface area (Å²) in [5.74, 6) is 0.251. The van der Waals surface area contributed by atoms with Crippen molar-refractivity contribution in [3.8, 4) is 5.75 Å². The zero-order valence-electron chi connectivity index (χ0n) is 19.9. The topological polar surface area (TPSA) is 97.4 Å². The first-order valence-electron chi connectivity index (χ1n) is 11.4. The molecule has 182 valence electrons. The maximum absolute atomic E-state index is 13.2. The molecule has 0 saturated carbocycles. The SMILES string of the molecule is CCC(=O)Nc1ccc(C(=O)CSc2cc(C(=O)Nc3ccccc3OC)c3ccccc3n2)cc1. The number of anilines is 2. The third-order valence-corrected chi connectivity index (χ3v) is 6.37. The van der Waals surface area contributed by atoms with Crippen LogP contribution in [-0.2, 0) is 4.79 Å². The predicted octanol–water partition coefficient (Wildman–Crippen LogP) is 5.82. The molecule has 7 nitrogen and oxygen atoms in total. The van der Waals surface area contributed by atoms with Crippen LogP contribution in [0.1, 0.15) is 34.1 Å². The molecule has 0 bridgehead atoms. The van der Waals surface area contributed by atoms with Crippen molar-refractivity contribution in [3.63, 3.8) is 0 Å². The first-order valence-corrected chi connectivity index (χ1v) is 12.4. The van der Waals surface area contributed by atoms with E-state index in [1.807, 2.05) is 36.4 Å². The van der Waals surface area contributed by atoms with Gasteiger partial charge < -0.3 is 15.4 Å². The van der Waals surface area contributed by atoms with Crippen LogP contribution in [0.25, 0.3) is 10.9 Å². The van der Waals surface area contributed by atoms with Crippen LogP contribution in [-0.4, -0.2) is 35.4 Å². The van der Waals surface area contributed by atoms with Gasteiger partial charge in [0, 0.05) is 23.1 Å². The Kier molecular flexibility index (Phi) is 7.97. The highest BCUT2D eigenvalue weighted by Gasteiger charge is 2.16. The molecule has 0 fully saturated rings. The van der Waals surface area contributed by atoms with E-state index < -0.39 is 0 Å². The Morgan fingerprint density at radius 1 is 0.917 bits per heavy atom. The Labute approximate surface area is 213 Å². The highest BCUT2D eigenvalue weighted by atomic mass is 32.2. The molecular formula is C28H25N3O4S. The number of methoxy groups -OCH3 is 1. The number of carbonyl (C=O) groups excluding carboxylic acids is 3. The molecule has 2 amide bonds. The third kappa shape index (κ3) is 5.90. The molecule has 4 aromatic rings. The summed E-state index contributed by atoms with van der Waals surface area (Å²) in [5, 5.41) is 6.96. The molecule has 0 atom stereocenters. The molecular weight excluding hydrogens is 474 g/mol. The van der Waals surface area contributed by atoms with Gasteiger partial charge in [0.05, 0.1) is 34.7 Å². The van der Waals surface area contributed by atoms with E-state index in [9.17, 15) is 14.4 Å². The molecule has 2 N–H and O–H groups in total. The number of hydrogen-bond acceptors (Lipinski definition) is 6. The van der Waals surface area contributed by atoms with E-state index >= 15 is 0 Å². The van der Waals surface area contributed by atoms with Gasteiger partial charge >= 0.3 is 0 Å². The molecule has 0 aliphatic heterocycles. The molecule has 1 aromatic heterocycles. The monoisotopic (exact) mass is 499 g/mol. The fraction of sp³-hybridized carbons (Fsp3) is 0.143. The molecule has 0 spiro atoms. The number of benzene rings is 3. The van der Waals surface area contributed by atoms with Gasteiger partial charge in [0.1, 0.15) is 5.75 Å². The molecule has 0 aliphatic carbocycles. The number of ketones is 1. The van der Waals surface area contributed by atoms with Crippen molar-refractivity contribution in [2.24, 2.45) is 0 Å². The van der Waals surface area contributed by atoms with E-state index in [0.29, 0.717) is 50.6 Å². The Morgan fingerprint density at radius 3 is 2.39 bits per heavy atom. The second-order valence-electron chi connectivity index (χ2n) is 7.87. The van der Waals surface area contributed by atoms with Crippen molar-refractivity contribution >= 4 is 51.6 Å². The van der Waals surface area contributed by atoms with E-state index in [1.54, 1.807) is 56.5 Å². The fourth-order valence-electron chi connectivity index (χ4n) is 3.56. The van der Waals surface area contributed by atoms with Crippen molar-refractivity contribution in [2.45, 2.75) is 18.4 Å². The lowest BCUT2D eigenvalue weighted by atomic mass is 10.1. The second kappa shape index (κ2) is 11.5. The number of nitrogens with zero attached hydrogens (tertiary/aromatic N) is 1. The summed E-state index contributed by atoms with van der Waals surface area (Å²) < 4.78 is 5.34. The lowest BCUT2D eigenvalue weighted by Crippen LogP contribution is -2.14. The lowest BCUT2D eigenvalue weighted by molar-refractivity contribution is -0.115. The minimum atomic E-state index is -0.295. The Morgan fingerprint density at radius 2 is 1.64 bits per heavy atom. The van der Waals surface area contributed by atoms with Crippen LogP contribution in [0.5, 0.6) is 5.75 Å². The van der Waals surface area contributed by atoms with Crippen molar-refractivity contribution < 1.29 is 19.1 Å². The van der Waals surface area contributed by atoms with Crippen LogP contribution in [0.3, 0.4) is 0 Å². The number of fused-ring (bicyclic) bond motifs is 1. The van der Waals surface area contributed by atoms with Gasteiger partial charge in [-0.2, -0.15) is 0 Å². The molecule has 0 saturated heterocycles. The molecule has 36 heavy (non-hydrogen) atoms. The first-order chi connectivity index (χ1) is 17.5. The summed E-state index contributed by atoms with van der Waals surface area (Å²) in [5.41, 5.74) is 2.86. The van der Waals surface area contributed by atoms with Crippen molar-refractivity contribution in [1.29, 1.82) is 0 Å². The number of para-hydroxylation sites is 3. The summed E-state index contributed by atoms with van der Waals surface area (Å²) in [6, 6.07) is 23.1. The van der Waals surface area contributed by atoms with E-state index in [1.165, 1.54) is 11.8 Å². The molecule has 0 radical (unpaired) electrons. The summed E-state index contributed by atoms with van der Waals surface area (Å²) >= 11 is 1.27. The average Bonchev–Trinajstić information content (AvgIpc) is 2.91. The number of hydrogen-bond donors (Lipinski definition) is 2. The summed E-state index contributed by atoms with van der Waals surface area (Å²) in [6.07, 6.45) is 0.384. The van der Waals surface area contributed by atoms with Crippen LogP contribution in [0.4, 0.5) is 11.4 Å². The number of pyridine rings is 1. The second-order valence-corrected chi connectivity index (χ2v) is 8.87. The van der Waals surface area contributed by atoms with E-state index in [-0.39, 0.29) is 23.4 Å². The van der Waals surface area contributed by atoms with E-state index in [0.717, 1.165) is 0 Å². The molecule has 8 heteroatoms. The van der Waals surface area contributed by atoms with Gasteiger partial charge in [-0.3, -0.25) is 14.4 Å². The van der Waals surface area contributed by atoms with E-state index in [2.05, 4.69) is 15.6 Å². The summed E-state index contributed by atoms with van der Waals surface area (Å²) in [4.78, 5) is 42.2. The number of thioether (sulfide) groups is 1. The molecule has 0 unspecified atom stereocenters. The Balaban J connectivity index is 1.52. The smallest absolute Gasteiger partial charge is 0.256 e. The van der Waals surface area contributed by atoms with Gasteiger partial charge in [-0.15, -0.1) is 0 Å². The quantitative estimate of drug-likeness (QED) is 0.222. The number of rotatable bonds is 9. The minimum absolute atomic E-state index is 0.0802. The van der Waals surface area contributed by atoms with Crippen LogP contribution < -0.4 is 15.4 Å². The van der Waals surface area contributed by atoms with Crippen molar-refractivity contribution in [2.75, 3.05) is 23.5 Å². The van der Waals surface area contributed by atoms with Crippen LogP contribution in [0.2, 0.25) is 0 Å². The van der Waals surface area contributed by atoms with Crippen LogP contribution in [0.15, 0.2) is 83.9 Å². The number of carbonyl (C=O) groups is 3. The third-order valence-electron chi connectivity index (χ3n) is 5.46. The average molecular weight is 500 g/mol. The van der Waals surface area contributed by atoms with Gasteiger partial charge in [0.2, 0.25) is 5.91 Å². The number of nitrogens with one attached hydrogen (secondary N) is 2. The van der Waals surface area contributed by atoms with Gasteiger partial charge in [0.25, 0.3) is 5.91 Å². The van der Waals surface area contributed by atoms with Gasteiger partial charge in [-0.1, -0.05) is 49.0 Å². The maximum Gasteiger partial charge on any atom is 0.256 e. The molecule has 4 rings (SSSR count). The highest BCUT2D eigenvalue weighted by Crippen LogP contribution is 2.28. The van der Waals surface area contributed by atoms with Gasteiger partial charge in [-0.25, -0.2) is 4.98 Å². The van der Waals surface area contributed by atoms with Crippen molar-refractivity contribution in [3.05, 3.63) is 90.0 Å². The predicted molar refractivity (Wildman–Crippen MR) is 143 cm³/mol. The zero-order valence-corrected chi connectivity index (χ0v) is 20.7. The standard InChI is InChI=1S/C28H25N3O4S/c1-3-26(33)29-19-14-12-18(13-15-19)24(32)17-36-27-16-21(20-8-4-5-9-22(20)30-27)28(34)31-23-10-6-7-11-25(23)35-2/h4-16H,3,17H2,1-2H3,(H,29,33)(H,31,34). The zero-order chi connectivity index (χ0) is 25.5. The Bertz CT molecular complexity index is 1420. The summed E-state index contributed by atoms with van der Waals surface area (Å²) in [6.45, 7) is 1.78. The highest BCUT2D eigenvalue weighted by molar-refractivity contribution is 7.99. The van der Waals surface area contributed by atoms with Crippen molar-refractivity contribution in [1.82, 2.24) is 4.98 Å². The van der Waals surface area contributed by atoms with Gasteiger partial charge in [0.15, 0.2) is 5.78 Å². The van der Waals surface area contributed by atoms with Gasteiger partial charge in [-0.05, 0) is 48.5 Å². The molecule has 0 aliphatic rings. The number of ether oxygens (including phenoxy) is 1. The molecule has 1 heterocycles. The Hall–Kier alpha value is -4.17. The van der Waals surface area contributed by atoms with Crippen LogP contribution >= 0.6 is 11.8 Å². The van der Waals surface area contributed by atoms with E-state index in [4.69, 9.17) is 4.74 Å². The normalized spacial score (nSPS) is 10.6. The lowest BCUT2D eigenvalue weighted by Gasteiger charge is -2.12. The number of amides is 2. The first kappa shape index (κ1) is 24.9. The summed E-state index contributed by atoms with van der Waals surface area (Å²) in [7, 11) is 1.55. The minimum Gasteiger partial charge on any atom is -0.495 e.